The van der Waals surface area contributed by atoms with Gasteiger partial charge >= 0.3 is 5.97 Å². The molecule has 1 N–H and O–H groups in total. The van der Waals surface area contributed by atoms with Gasteiger partial charge in [0.05, 0.1) is 12.7 Å². The average Bonchev–Trinajstić information content (AvgIpc) is 3.00. The number of ether oxygens (including phenoxy) is 1. The van der Waals surface area contributed by atoms with Crippen LogP contribution < -0.4 is 0 Å². The molecule has 0 bridgehead atoms. The molecule has 262 valence electrons. The molecule has 0 aliphatic carbocycles. The Morgan fingerprint density at radius 2 is 1.18 bits per heavy atom. The third kappa shape index (κ3) is 31.0. The predicted octanol–water partition coefficient (Wildman–Crippen LogP) is 9.36. The first-order valence-electron chi connectivity index (χ1n) is 19.1. The summed E-state index contributed by atoms with van der Waals surface area (Å²) in [5.74, 6) is 0.793. The molecule has 0 saturated carbocycles. The number of rotatable bonds is 35. The molecular weight excluding hydrogens is 548 g/mol. The number of nitrogens with zero attached hydrogens (tertiary/aromatic N) is 2. The van der Waals surface area contributed by atoms with Crippen molar-refractivity contribution in [2.75, 3.05) is 46.9 Å². The topological polar surface area (TPSA) is 70.1 Å². The summed E-state index contributed by atoms with van der Waals surface area (Å²) in [7, 11) is 4.02. The molecular formula is C38H76N2O4. The van der Waals surface area contributed by atoms with Crippen molar-refractivity contribution in [3.8, 4) is 0 Å². The molecule has 0 aliphatic rings. The van der Waals surface area contributed by atoms with Gasteiger partial charge in [-0.2, -0.15) is 0 Å². The largest absolute Gasteiger partial charge is 0.466 e. The minimum absolute atomic E-state index is 0.0129. The summed E-state index contributed by atoms with van der Waals surface area (Å²) >= 11 is 0. The molecule has 0 radical (unpaired) electrons. The van der Waals surface area contributed by atoms with E-state index in [1.54, 1.807) is 0 Å². The molecule has 6 nitrogen and oxygen atoms in total. The van der Waals surface area contributed by atoms with E-state index in [0.29, 0.717) is 26.0 Å². The maximum atomic E-state index is 12.3. The van der Waals surface area contributed by atoms with Crippen LogP contribution in [0.15, 0.2) is 0 Å². The van der Waals surface area contributed by atoms with Crippen LogP contribution in [0.4, 0.5) is 0 Å². The Hall–Kier alpha value is -0.980. The second kappa shape index (κ2) is 33.4. The van der Waals surface area contributed by atoms with Crippen molar-refractivity contribution in [1.82, 2.24) is 9.80 Å². The standard InChI is InChI=1S/C38H76N2O4/c1-5-7-9-18-25-36(26-19-10-8-6-2)27-24-34-44-38(43)28-20-14-13-16-22-31-40(32-29-37(42)35-39(3)4)30-21-15-11-12-17-23-33-41/h33,36-37,42H,5-32,34-35H2,1-4H3. The molecule has 0 aliphatic heterocycles. The fourth-order valence-electron chi connectivity index (χ4n) is 6.19. The van der Waals surface area contributed by atoms with E-state index in [9.17, 15) is 14.7 Å². The zero-order chi connectivity index (χ0) is 32.5. The quantitative estimate of drug-likeness (QED) is 0.0430. The van der Waals surface area contributed by atoms with Gasteiger partial charge in [-0.25, -0.2) is 0 Å². The van der Waals surface area contributed by atoms with Crippen molar-refractivity contribution < 1.29 is 19.4 Å². The number of unbranched alkanes of at least 4 members (excludes halogenated alkanes) is 15. The van der Waals surface area contributed by atoms with Gasteiger partial charge in [-0.3, -0.25) is 4.79 Å². The number of carbonyl (C=O) groups excluding carboxylic acids is 2. The number of aliphatic hydroxyl groups excluding tert-OH is 1. The van der Waals surface area contributed by atoms with Gasteiger partial charge < -0.3 is 24.4 Å². The first-order valence-corrected chi connectivity index (χ1v) is 19.1. The fraction of sp³-hybridized carbons (Fsp3) is 0.947. The van der Waals surface area contributed by atoms with Crippen LogP contribution >= 0.6 is 0 Å². The lowest BCUT2D eigenvalue weighted by Gasteiger charge is -2.24. The highest BCUT2D eigenvalue weighted by molar-refractivity contribution is 5.69. The van der Waals surface area contributed by atoms with Crippen molar-refractivity contribution in [3.05, 3.63) is 0 Å². The Balaban J connectivity index is 4.09. The van der Waals surface area contributed by atoms with Crippen molar-refractivity contribution in [2.45, 2.75) is 180 Å². The van der Waals surface area contributed by atoms with E-state index < -0.39 is 0 Å². The molecule has 1 unspecified atom stereocenters. The van der Waals surface area contributed by atoms with E-state index in [-0.39, 0.29) is 12.1 Å². The normalized spacial score (nSPS) is 12.5. The second-order valence-electron chi connectivity index (χ2n) is 13.7. The number of hydrogen-bond acceptors (Lipinski definition) is 6. The first kappa shape index (κ1) is 43.0. The summed E-state index contributed by atoms with van der Waals surface area (Å²) in [6.07, 6.45) is 29.8. The van der Waals surface area contributed by atoms with Gasteiger partial charge in [0.25, 0.3) is 0 Å². The molecule has 0 heterocycles. The van der Waals surface area contributed by atoms with Gasteiger partial charge in [0.15, 0.2) is 0 Å². The molecule has 44 heavy (non-hydrogen) atoms. The van der Waals surface area contributed by atoms with Gasteiger partial charge in [0.1, 0.15) is 6.29 Å². The van der Waals surface area contributed by atoms with Crippen LogP contribution in [-0.4, -0.2) is 80.1 Å². The molecule has 0 aromatic heterocycles. The molecule has 6 heteroatoms. The van der Waals surface area contributed by atoms with Crippen LogP contribution in [0.5, 0.6) is 0 Å². The maximum Gasteiger partial charge on any atom is 0.305 e. The van der Waals surface area contributed by atoms with E-state index >= 15 is 0 Å². The molecule has 1 atom stereocenters. The van der Waals surface area contributed by atoms with Crippen molar-refractivity contribution in [2.24, 2.45) is 5.92 Å². The summed E-state index contributed by atoms with van der Waals surface area (Å²) in [6.45, 7) is 8.98. The van der Waals surface area contributed by atoms with Crippen LogP contribution in [0.3, 0.4) is 0 Å². The molecule has 0 fully saturated rings. The van der Waals surface area contributed by atoms with Crippen molar-refractivity contribution in [1.29, 1.82) is 0 Å². The summed E-state index contributed by atoms with van der Waals surface area (Å²) in [4.78, 5) is 27.3. The molecule has 0 aromatic carbocycles. The number of esters is 1. The Labute approximate surface area is 274 Å². The predicted molar refractivity (Wildman–Crippen MR) is 188 cm³/mol. The zero-order valence-electron chi connectivity index (χ0n) is 30.0. The highest BCUT2D eigenvalue weighted by Gasteiger charge is 2.12. The average molecular weight is 625 g/mol. The maximum absolute atomic E-state index is 12.3. The van der Waals surface area contributed by atoms with Gasteiger partial charge in [-0.15, -0.1) is 0 Å². The second-order valence-corrected chi connectivity index (χ2v) is 13.7. The lowest BCUT2D eigenvalue weighted by molar-refractivity contribution is -0.144. The molecule has 0 aromatic rings. The van der Waals surface area contributed by atoms with Gasteiger partial charge in [-0.05, 0) is 78.0 Å². The van der Waals surface area contributed by atoms with E-state index in [0.717, 1.165) is 70.4 Å². The highest BCUT2D eigenvalue weighted by Crippen LogP contribution is 2.23. The minimum Gasteiger partial charge on any atom is -0.466 e. The Morgan fingerprint density at radius 1 is 0.659 bits per heavy atom. The lowest BCUT2D eigenvalue weighted by atomic mass is 9.91. The van der Waals surface area contributed by atoms with E-state index in [1.165, 1.54) is 109 Å². The van der Waals surface area contributed by atoms with Crippen LogP contribution in [0.25, 0.3) is 0 Å². The number of likely N-dealkylation sites (N-methyl/N-ethyl adjacent to an activating group) is 1. The third-order valence-electron chi connectivity index (χ3n) is 8.96. The van der Waals surface area contributed by atoms with Gasteiger partial charge in [0.2, 0.25) is 0 Å². The van der Waals surface area contributed by atoms with E-state index in [1.807, 2.05) is 19.0 Å². The molecule has 0 saturated heterocycles. The molecule has 0 spiro atoms. The van der Waals surface area contributed by atoms with Gasteiger partial charge in [0, 0.05) is 25.9 Å². The molecule has 0 rings (SSSR count). The number of aldehydes is 1. The van der Waals surface area contributed by atoms with Gasteiger partial charge in [-0.1, -0.05) is 117 Å². The number of carbonyl (C=O) groups is 2. The van der Waals surface area contributed by atoms with Crippen molar-refractivity contribution in [3.63, 3.8) is 0 Å². The summed E-state index contributed by atoms with van der Waals surface area (Å²) in [6, 6.07) is 0. The summed E-state index contributed by atoms with van der Waals surface area (Å²) in [5.41, 5.74) is 0. The Kier molecular flexibility index (Phi) is 32.6. The first-order chi connectivity index (χ1) is 21.4. The smallest absolute Gasteiger partial charge is 0.305 e. The van der Waals surface area contributed by atoms with E-state index in [2.05, 4.69) is 18.7 Å². The van der Waals surface area contributed by atoms with Crippen LogP contribution in [0, 0.1) is 5.92 Å². The third-order valence-corrected chi connectivity index (χ3v) is 8.96. The van der Waals surface area contributed by atoms with Crippen molar-refractivity contribution >= 4 is 12.3 Å². The molecule has 0 amide bonds. The minimum atomic E-state index is -0.275. The van der Waals surface area contributed by atoms with E-state index in [4.69, 9.17) is 4.74 Å². The SMILES string of the molecule is CCCCCCC(CCCCCC)CCCOC(=O)CCCCCCCN(CCCCCCCC=O)CCC(O)CN(C)C. The monoisotopic (exact) mass is 625 g/mol. The Bertz CT molecular complexity index is 604. The Morgan fingerprint density at radius 3 is 1.75 bits per heavy atom. The van der Waals surface area contributed by atoms with Crippen LogP contribution in [0.2, 0.25) is 0 Å². The van der Waals surface area contributed by atoms with Crippen LogP contribution in [0.1, 0.15) is 174 Å². The van der Waals surface area contributed by atoms with Crippen LogP contribution in [-0.2, 0) is 14.3 Å². The zero-order valence-corrected chi connectivity index (χ0v) is 30.0. The summed E-state index contributed by atoms with van der Waals surface area (Å²) < 4.78 is 5.60. The number of hydrogen-bond donors (Lipinski definition) is 1. The number of aliphatic hydroxyl groups is 1. The summed E-state index contributed by atoms with van der Waals surface area (Å²) in [5, 5.41) is 10.3. The fourth-order valence-corrected chi connectivity index (χ4v) is 6.19. The highest BCUT2D eigenvalue weighted by atomic mass is 16.5. The lowest BCUT2D eigenvalue weighted by Crippen LogP contribution is -2.33.